The zero-order valence-corrected chi connectivity index (χ0v) is 18.4. The minimum Gasteiger partial charge on any atom is -0.491 e. The first-order chi connectivity index (χ1) is 14.6. The molecule has 30 heavy (non-hydrogen) atoms. The Morgan fingerprint density at radius 3 is 2.67 bits per heavy atom. The molecule has 0 N–H and O–H groups in total. The maximum atomic E-state index is 12.7. The summed E-state index contributed by atoms with van der Waals surface area (Å²) in [6, 6.07) is 14.1. The standard InChI is InChI=1S/C24H29ClN2O3/c1-3-30-22-17-20(16-21(25)24(22)29-2)10-11-23(28)27-13-7-12-26(14-15-27)18-19-8-5-4-6-9-19/h4-6,8-11,16-17H,3,7,12-15,18H2,1-2H3/b11-10+. The lowest BCUT2D eigenvalue weighted by Crippen LogP contribution is -2.34. The summed E-state index contributed by atoms with van der Waals surface area (Å²) < 4.78 is 10.9. The fourth-order valence-electron chi connectivity index (χ4n) is 3.61. The number of hydrogen-bond acceptors (Lipinski definition) is 4. The number of carbonyl (C=O) groups is 1. The van der Waals surface area contributed by atoms with Crippen LogP contribution in [0.25, 0.3) is 6.08 Å². The van der Waals surface area contributed by atoms with Crippen molar-refractivity contribution in [1.82, 2.24) is 9.80 Å². The maximum Gasteiger partial charge on any atom is 0.246 e. The molecule has 160 valence electrons. The Morgan fingerprint density at radius 1 is 1.13 bits per heavy atom. The van der Waals surface area contributed by atoms with Gasteiger partial charge in [0.05, 0.1) is 18.7 Å². The highest BCUT2D eigenvalue weighted by molar-refractivity contribution is 6.32. The van der Waals surface area contributed by atoms with Crippen molar-refractivity contribution in [3.05, 3.63) is 64.7 Å². The van der Waals surface area contributed by atoms with Crippen LogP contribution >= 0.6 is 11.6 Å². The fraction of sp³-hybridized carbons (Fsp3) is 0.375. The molecule has 3 rings (SSSR count). The number of rotatable bonds is 7. The highest BCUT2D eigenvalue weighted by atomic mass is 35.5. The molecule has 2 aromatic carbocycles. The molecule has 0 aliphatic carbocycles. The van der Waals surface area contributed by atoms with E-state index in [0.29, 0.717) is 23.1 Å². The molecule has 1 fully saturated rings. The molecule has 1 heterocycles. The molecule has 5 nitrogen and oxygen atoms in total. The second-order valence-electron chi connectivity index (χ2n) is 7.24. The molecular weight excluding hydrogens is 400 g/mol. The lowest BCUT2D eigenvalue weighted by Gasteiger charge is -2.21. The first-order valence-corrected chi connectivity index (χ1v) is 10.7. The average Bonchev–Trinajstić information content (AvgIpc) is 2.98. The molecule has 0 atom stereocenters. The number of nitrogens with zero attached hydrogens (tertiary/aromatic N) is 2. The molecule has 0 saturated carbocycles. The maximum absolute atomic E-state index is 12.7. The summed E-state index contributed by atoms with van der Waals surface area (Å²) in [7, 11) is 1.56. The van der Waals surface area contributed by atoms with E-state index in [0.717, 1.165) is 44.7 Å². The van der Waals surface area contributed by atoms with Gasteiger partial charge in [-0.3, -0.25) is 9.69 Å². The monoisotopic (exact) mass is 428 g/mol. The molecule has 1 saturated heterocycles. The van der Waals surface area contributed by atoms with Crippen LogP contribution in [0.3, 0.4) is 0 Å². The molecule has 2 aromatic rings. The number of carbonyl (C=O) groups excluding carboxylic acids is 1. The molecule has 6 heteroatoms. The van der Waals surface area contributed by atoms with Gasteiger partial charge in [0.2, 0.25) is 5.91 Å². The molecular formula is C24H29ClN2O3. The third kappa shape index (κ3) is 6.00. The molecule has 0 radical (unpaired) electrons. The van der Waals surface area contributed by atoms with Crippen LogP contribution in [-0.2, 0) is 11.3 Å². The van der Waals surface area contributed by atoms with E-state index in [1.807, 2.05) is 24.0 Å². The van der Waals surface area contributed by atoms with Crippen LogP contribution in [-0.4, -0.2) is 55.6 Å². The van der Waals surface area contributed by atoms with Crippen molar-refractivity contribution in [2.24, 2.45) is 0 Å². The first kappa shape index (κ1) is 22.2. The van der Waals surface area contributed by atoms with Crippen LogP contribution in [0.4, 0.5) is 0 Å². The van der Waals surface area contributed by atoms with Crippen molar-refractivity contribution in [3.63, 3.8) is 0 Å². The van der Waals surface area contributed by atoms with E-state index in [1.54, 1.807) is 25.3 Å². The van der Waals surface area contributed by atoms with E-state index >= 15 is 0 Å². The first-order valence-electron chi connectivity index (χ1n) is 10.3. The van der Waals surface area contributed by atoms with Crippen molar-refractivity contribution in [3.8, 4) is 11.5 Å². The molecule has 0 unspecified atom stereocenters. The number of benzene rings is 2. The topological polar surface area (TPSA) is 42.0 Å². The summed E-state index contributed by atoms with van der Waals surface area (Å²) >= 11 is 6.30. The summed E-state index contributed by atoms with van der Waals surface area (Å²) in [5.74, 6) is 1.10. The summed E-state index contributed by atoms with van der Waals surface area (Å²) in [6.45, 7) is 6.69. The summed E-state index contributed by atoms with van der Waals surface area (Å²) in [5, 5.41) is 0.460. The second-order valence-corrected chi connectivity index (χ2v) is 7.65. The van der Waals surface area contributed by atoms with Crippen molar-refractivity contribution in [1.29, 1.82) is 0 Å². The zero-order valence-electron chi connectivity index (χ0n) is 17.6. The van der Waals surface area contributed by atoms with Gasteiger partial charge in [0.25, 0.3) is 0 Å². The van der Waals surface area contributed by atoms with Gasteiger partial charge in [-0.1, -0.05) is 41.9 Å². The Morgan fingerprint density at radius 2 is 1.93 bits per heavy atom. The second kappa shape index (κ2) is 11.0. The van der Waals surface area contributed by atoms with Crippen LogP contribution in [0, 0.1) is 0 Å². The van der Waals surface area contributed by atoms with Crippen LogP contribution < -0.4 is 9.47 Å². The minimum atomic E-state index is 0.0152. The van der Waals surface area contributed by atoms with Gasteiger partial charge in [0.1, 0.15) is 0 Å². The van der Waals surface area contributed by atoms with Crippen LogP contribution in [0.1, 0.15) is 24.5 Å². The normalized spacial score (nSPS) is 15.2. The molecule has 1 aliphatic heterocycles. The van der Waals surface area contributed by atoms with Gasteiger partial charge in [-0.05, 0) is 42.7 Å². The quantitative estimate of drug-likeness (QED) is 0.609. The Balaban J connectivity index is 1.61. The molecule has 1 amide bonds. The summed E-state index contributed by atoms with van der Waals surface area (Å²) in [4.78, 5) is 17.1. The Labute approximate surface area is 183 Å². The smallest absolute Gasteiger partial charge is 0.246 e. The molecule has 1 aliphatic rings. The summed E-state index contributed by atoms with van der Waals surface area (Å²) in [6.07, 6.45) is 4.36. The van der Waals surface area contributed by atoms with Gasteiger partial charge in [-0.15, -0.1) is 0 Å². The predicted octanol–water partition coefficient (Wildman–Crippen LogP) is 4.50. The highest BCUT2D eigenvalue weighted by Crippen LogP contribution is 2.36. The van der Waals surface area contributed by atoms with Crippen LogP contribution in [0.15, 0.2) is 48.5 Å². The number of amides is 1. The molecule has 0 spiro atoms. The van der Waals surface area contributed by atoms with Gasteiger partial charge in [0, 0.05) is 38.8 Å². The van der Waals surface area contributed by atoms with Gasteiger partial charge in [-0.25, -0.2) is 0 Å². The van der Waals surface area contributed by atoms with E-state index in [9.17, 15) is 4.79 Å². The average molecular weight is 429 g/mol. The van der Waals surface area contributed by atoms with E-state index < -0.39 is 0 Å². The van der Waals surface area contributed by atoms with Gasteiger partial charge in [0.15, 0.2) is 11.5 Å². The lowest BCUT2D eigenvalue weighted by atomic mass is 10.1. The fourth-order valence-corrected chi connectivity index (χ4v) is 3.91. The van der Waals surface area contributed by atoms with Crippen molar-refractivity contribution >= 4 is 23.6 Å². The SMILES string of the molecule is CCOc1cc(/C=C/C(=O)N2CCCN(Cc3ccccc3)CC2)cc(Cl)c1OC. The van der Waals surface area contributed by atoms with Crippen molar-refractivity contribution in [2.75, 3.05) is 39.9 Å². The number of hydrogen-bond donors (Lipinski definition) is 0. The van der Waals surface area contributed by atoms with E-state index in [2.05, 4.69) is 29.2 Å². The van der Waals surface area contributed by atoms with Gasteiger partial charge < -0.3 is 14.4 Å². The Bertz CT molecular complexity index is 870. The van der Waals surface area contributed by atoms with E-state index in [4.69, 9.17) is 21.1 Å². The van der Waals surface area contributed by atoms with Crippen LogP contribution in [0.5, 0.6) is 11.5 Å². The van der Waals surface area contributed by atoms with E-state index in [-0.39, 0.29) is 5.91 Å². The van der Waals surface area contributed by atoms with Gasteiger partial charge in [-0.2, -0.15) is 0 Å². The predicted molar refractivity (Wildman–Crippen MR) is 121 cm³/mol. The van der Waals surface area contributed by atoms with Crippen molar-refractivity contribution in [2.45, 2.75) is 19.9 Å². The Kier molecular flexibility index (Phi) is 8.17. The van der Waals surface area contributed by atoms with E-state index in [1.165, 1.54) is 5.56 Å². The third-order valence-electron chi connectivity index (χ3n) is 5.10. The lowest BCUT2D eigenvalue weighted by molar-refractivity contribution is -0.125. The molecule has 0 aromatic heterocycles. The number of methoxy groups -OCH3 is 1. The van der Waals surface area contributed by atoms with Gasteiger partial charge >= 0.3 is 0 Å². The number of halogens is 1. The Hall–Kier alpha value is -2.50. The largest absolute Gasteiger partial charge is 0.491 e. The van der Waals surface area contributed by atoms with Crippen LogP contribution in [0.2, 0.25) is 5.02 Å². The summed E-state index contributed by atoms with van der Waals surface area (Å²) in [5.41, 5.74) is 2.11. The van der Waals surface area contributed by atoms with Crippen molar-refractivity contribution < 1.29 is 14.3 Å². The minimum absolute atomic E-state index is 0.0152. The highest BCUT2D eigenvalue weighted by Gasteiger charge is 2.18. The number of ether oxygens (including phenoxy) is 2. The zero-order chi connectivity index (χ0) is 21.3. The third-order valence-corrected chi connectivity index (χ3v) is 5.38. The molecule has 0 bridgehead atoms.